The molecule has 0 atom stereocenters. The zero-order chi connectivity index (χ0) is 15.4. The fourth-order valence-corrected chi connectivity index (χ4v) is 3.12. The van der Waals surface area contributed by atoms with Gasteiger partial charge < -0.3 is 15.0 Å². The topological polar surface area (TPSA) is 67.4 Å². The molecule has 3 rings (SSSR count). The van der Waals surface area contributed by atoms with Crippen molar-refractivity contribution < 1.29 is 9.53 Å². The number of nitrogens with one attached hydrogen (secondary N) is 1. The van der Waals surface area contributed by atoms with Gasteiger partial charge in [0, 0.05) is 25.0 Å². The Labute approximate surface area is 133 Å². The second kappa shape index (κ2) is 6.85. The molecule has 0 unspecified atom stereocenters. The Morgan fingerprint density at radius 1 is 1.41 bits per heavy atom. The fourth-order valence-electron chi connectivity index (χ4n) is 2.35. The summed E-state index contributed by atoms with van der Waals surface area (Å²) in [5.74, 6) is -0.200. The van der Waals surface area contributed by atoms with Gasteiger partial charge in [-0.15, -0.1) is 11.3 Å². The largest absolute Gasteiger partial charge is 0.378 e. The number of carbonyl (C=O) groups excluding carboxylic acids is 1. The Morgan fingerprint density at radius 2 is 2.23 bits per heavy atom. The number of morpholine rings is 1. The molecule has 1 amide bonds. The van der Waals surface area contributed by atoms with E-state index in [1.165, 1.54) is 11.3 Å². The monoisotopic (exact) mass is 318 g/mol. The van der Waals surface area contributed by atoms with Gasteiger partial charge in [-0.05, 0) is 18.6 Å². The van der Waals surface area contributed by atoms with Gasteiger partial charge in [-0.1, -0.05) is 6.92 Å². The number of hydrogen-bond acceptors (Lipinski definition) is 6. The average Bonchev–Trinajstić information content (AvgIpc) is 3.03. The molecule has 2 aromatic heterocycles. The Bertz CT molecular complexity index is 652. The average molecular weight is 318 g/mol. The summed E-state index contributed by atoms with van der Waals surface area (Å²) in [6.45, 7) is 5.11. The molecule has 0 aliphatic carbocycles. The number of hydrogen-bond donors (Lipinski definition) is 1. The first kappa shape index (κ1) is 14.9. The molecule has 1 saturated heterocycles. The standard InChI is InChI=1S/C15H18N4O2S/c1-2-12-15(22-10-17-12)18-14(20)13-9-11(3-4-16-13)19-5-7-21-8-6-19/h3-4,9-10H,2,5-8H2,1H3,(H,18,20). The number of pyridine rings is 1. The van der Waals surface area contributed by atoms with E-state index >= 15 is 0 Å². The summed E-state index contributed by atoms with van der Waals surface area (Å²) in [5, 5.41) is 3.70. The van der Waals surface area contributed by atoms with Gasteiger partial charge in [-0.2, -0.15) is 0 Å². The normalized spacial score (nSPS) is 14.9. The first-order valence-electron chi connectivity index (χ1n) is 7.30. The molecule has 22 heavy (non-hydrogen) atoms. The highest BCUT2D eigenvalue weighted by molar-refractivity contribution is 7.14. The van der Waals surface area contributed by atoms with Gasteiger partial charge in [0.1, 0.15) is 10.7 Å². The van der Waals surface area contributed by atoms with E-state index in [0.29, 0.717) is 18.9 Å². The lowest BCUT2D eigenvalue weighted by Gasteiger charge is -2.28. The summed E-state index contributed by atoms with van der Waals surface area (Å²) in [7, 11) is 0. The number of carbonyl (C=O) groups is 1. The van der Waals surface area contributed by atoms with Gasteiger partial charge in [-0.25, -0.2) is 4.98 Å². The molecule has 1 aliphatic rings. The zero-order valence-electron chi connectivity index (χ0n) is 12.4. The first-order valence-corrected chi connectivity index (χ1v) is 8.18. The number of thiazole rings is 1. The molecule has 0 saturated carbocycles. The van der Waals surface area contributed by atoms with Crippen LogP contribution in [0.2, 0.25) is 0 Å². The van der Waals surface area contributed by atoms with Gasteiger partial charge in [0.05, 0.1) is 24.4 Å². The molecule has 6 nitrogen and oxygen atoms in total. The van der Waals surface area contributed by atoms with Crippen LogP contribution in [0.15, 0.2) is 23.8 Å². The molecule has 3 heterocycles. The van der Waals surface area contributed by atoms with Crippen LogP contribution in [0.4, 0.5) is 10.7 Å². The van der Waals surface area contributed by atoms with E-state index in [1.54, 1.807) is 11.7 Å². The molecule has 0 bridgehead atoms. The molecule has 1 fully saturated rings. The second-order valence-corrected chi connectivity index (χ2v) is 5.79. The van der Waals surface area contributed by atoms with E-state index in [9.17, 15) is 4.79 Å². The van der Waals surface area contributed by atoms with Crippen molar-refractivity contribution in [3.8, 4) is 0 Å². The van der Waals surface area contributed by atoms with E-state index in [1.807, 2.05) is 19.1 Å². The summed E-state index contributed by atoms with van der Waals surface area (Å²) < 4.78 is 5.35. The maximum atomic E-state index is 12.4. The van der Waals surface area contributed by atoms with Crippen molar-refractivity contribution in [1.82, 2.24) is 9.97 Å². The quantitative estimate of drug-likeness (QED) is 0.936. The Hall–Kier alpha value is -1.99. The third-order valence-corrected chi connectivity index (χ3v) is 4.34. The van der Waals surface area contributed by atoms with Gasteiger partial charge in [0.25, 0.3) is 5.91 Å². The molecule has 116 valence electrons. The molecular weight excluding hydrogens is 300 g/mol. The van der Waals surface area contributed by atoms with Crippen LogP contribution in [0.1, 0.15) is 23.1 Å². The number of anilines is 2. The van der Waals surface area contributed by atoms with Crippen molar-refractivity contribution in [3.05, 3.63) is 35.2 Å². The summed E-state index contributed by atoms with van der Waals surface area (Å²) in [6.07, 6.45) is 2.47. The second-order valence-electron chi connectivity index (χ2n) is 4.93. The maximum Gasteiger partial charge on any atom is 0.274 e. The van der Waals surface area contributed by atoms with Gasteiger partial charge in [0.2, 0.25) is 0 Å². The molecular formula is C15H18N4O2S. The van der Waals surface area contributed by atoms with Crippen LogP contribution in [0.5, 0.6) is 0 Å². The van der Waals surface area contributed by atoms with Gasteiger partial charge in [-0.3, -0.25) is 9.78 Å². The number of aromatic nitrogens is 2. The third-order valence-electron chi connectivity index (χ3n) is 3.56. The van der Waals surface area contributed by atoms with Crippen LogP contribution in [-0.4, -0.2) is 42.2 Å². The fraction of sp³-hybridized carbons (Fsp3) is 0.400. The zero-order valence-corrected chi connectivity index (χ0v) is 13.2. The van der Waals surface area contributed by atoms with Crippen molar-refractivity contribution in [3.63, 3.8) is 0 Å². The first-order chi connectivity index (χ1) is 10.8. The maximum absolute atomic E-state index is 12.4. The van der Waals surface area contributed by atoms with Crippen LogP contribution in [0.25, 0.3) is 0 Å². The predicted octanol–water partition coefficient (Wildman–Crippen LogP) is 2.19. The summed E-state index contributed by atoms with van der Waals surface area (Å²) in [5.41, 5.74) is 4.07. The van der Waals surface area contributed by atoms with Crippen molar-refractivity contribution in [2.75, 3.05) is 36.5 Å². The van der Waals surface area contributed by atoms with Crippen LogP contribution >= 0.6 is 11.3 Å². The number of rotatable bonds is 4. The highest BCUT2D eigenvalue weighted by atomic mass is 32.1. The molecule has 2 aromatic rings. The van der Waals surface area contributed by atoms with Crippen LogP contribution < -0.4 is 10.2 Å². The lowest BCUT2D eigenvalue weighted by Crippen LogP contribution is -2.36. The smallest absolute Gasteiger partial charge is 0.274 e. The summed E-state index contributed by atoms with van der Waals surface area (Å²) >= 11 is 1.43. The summed E-state index contributed by atoms with van der Waals surface area (Å²) in [6, 6.07) is 3.75. The van der Waals surface area contributed by atoms with Crippen LogP contribution in [-0.2, 0) is 11.2 Å². The Morgan fingerprint density at radius 3 is 3.00 bits per heavy atom. The highest BCUT2D eigenvalue weighted by Crippen LogP contribution is 2.22. The van der Waals surface area contributed by atoms with Crippen LogP contribution in [0.3, 0.4) is 0 Å². The molecule has 0 spiro atoms. The van der Waals surface area contributed by atoms with E-state index in [0.717, 1.165) is 35.9 Å². The third kappa shape index (κ3) is 3.26. The van der Waals surface area contributed by atoms with Crippen molar-refractivity contribution in [2.45, 2.75) is 13.3 Å². The molecule has 7 heteroatoms. The van der Waals surface area contributed by atoms with Gasteiger partial charge in [0.15, 0.2) is 0 Å². The lowest BCUT2D eigenvalue weighted by molar-refractivity contribution is 0.102. The minimum Gasteiger partial charge on any atom is -0.378 e. The van der Waals surface area contributed by atoms with E-state index in [2.05, 4.69) is 20.2 Å². The van der Waals surface area contributed by atoms with E-state index in [4.69, 9.17) is 4.74 Å². The van der Waals surface area contributed by atoms with Crippen LogP contribution in [0, 0.1) is 0 Å². The van der Waals surface area contributed by atoms with Crippen molar-refractivity contribution >= 4 is 27.9 Å². The van der Waals surface area contributed by atoms with Crippen molar-refractivity contribution in [2.24, 2.45) is 0 Å². The van der Waals surface area contributed by atoms with Crippen molar-refractivity contribution in [1.29, 1.82) is 0 Å². The molecule has 1 N–H and O–H groups in total. The molecule has 0 aromatic carbocycles. The minimum absolute atomic E-state index is 0.200. The number of nitrogens with zero attached hydrogens (tertiary/aromatic N) is 3. The minimum atomic E-state index is -0.200. The number of ether oxygens (including phenoxy) is 1. The predicted molar refractivity (Wildman–Crippen MR) is 86.7 cm³/mol. The number of amides is 1. The Kier molecular flexibility index (Phi) is 4.65. The molecule has 0 radical (unpaired) electrons. The van der Waals surface area contributed by atoms with E-state index < -0.39 is 0 Å². The SMILES string of the molecule is CCc1ncsc1NC(=O)c1cc(N2CCOCC2)ccn1. The van der Waals surface area contributed by atoms with E-state index in [-0.39, 0.29) is 5.91 Å². The summed E-state index contributed by atoms with van der Waals surface area (Å²) in [4.78, 5) is 23.0. The lowest BCUT2D eigenvalue weighted by atomic mass is 10.2. The van der Waals surface area contributed by atoms with Gasteiger partial charge >= 0.3 is 0 Å². The highest BCUT2D eigenvalue weighted by Gasteiger charge is 2.15. The Balaban J connectivity index is 1.75. The number of aryl methyl sites for hydroxylation is 1. The molecule has 1 aliphatic heterocycles.